The second kappa shape index (κ2) is 8.51. The van der Waals surface area contributed by atoms with E-state index < -0.39 is 0 Å². The third kappa shape index (κ3) is 4.46. The van der Waals surface area contributed by atoms with Gasteiger partial charge in [-0.05, 0) is 23.6 Å². The number of rotatable bonds is 5. The molecule has 1 amide bonds. The Kier molecular flexibility index (Phi) is 5.66. The van der Waals surface area contributed by atoms with Crippen molar-refractivity contribution in [2.45, 2.75) is 6.42 Å². The molecule has 0 atom stereocenters. The van der Waals surface area contributed by atoms with Gasteiger partial charge in [0, 0.05) is 45.0 Å². The van der Waals surface area contributed by atoms with E-state index in [1.807, 2.05) is 17.0 Å². The van der Waals surface area contributed by atoms with Gasteiger partial charge in [0.25, 0.3) is 0 Å². The molecule has 0 N–H and O–H groups in total. The zero-order valence-corrected chi connectivity index (χ0v) is 15.8. The largest absolute Gasteiger partial charge is 0.311 e. The van der Waals surface area contributed by atoms with Crippen LogP contribution in [0.2, 0.25) is 0 Å². The number of nitrogens with zero attached hydrogens (tertiary/aromatic N) is 3. The maximum Gasteiger partial charge on any atom is 0.241 e. The van der Waals surface area contributed by atoms with E-state index in [1.165, 1.54) is 11.1 Å². The molecular formula is C23H27N3O. The van der Waals surface area contributed by atoms with E-state index in [-0.39, 0.29) is 5.91 Å². The molecule has 1 fully saturated rings. The summed E-state index contributed by atoms with van der Waals surface area (Å²) < 4.78 is 0. The van der Waals surface area contributed by atoms with Crippen LogP contribution in [0.15, 0.2) is 60.7 Å². The lowest BCUT2D eigenvalue weighted by atomic mass is 10.2. The lowest BCUT2D eigenvalue weighted by Gasteiger charge is -2.34. The van der Waals surface area contributed by atoms with Crippen LogP contribution >= 0.6 is 0 Å². The Balaban J connectivity index is 1.23. The Labute approximate surface area is 161 Å². The van der Waals surface area contributed by atoms with Gasteiger partial charge in [-0.1, -0.05) is 60.7 Å². The predicted molar refractivity (Wildman–Crippen MR) is 111 cm³/mol. The fourth-order valence-electron chi connectivity index (χ4n) is 3.91. The zero-order chi connectivity index (χ0) is 18.5. The van der Waals surface area contributed by atoms with Crippen LogP contribution in [-0.2, 0) is 11.2 Å². The van der Waals surface area contributed by atoms with Gasteiger partial charge in [0.15, 0.2) is 0 Å². The molecule has 0 radical (unpaired) electrons. The molecule has 0 bridgehead atoms. The van der Waals surface area contributed by atoms with E-state index in [0.29, 0.717) is 6.54 Å². The summed E-state index contributed by atoms with van der Waals surface area (Å²) in [6.45, 7) is 6.27. The molecule has 4 nitrogen and oxygen atoms in total. The first-order valence-electron chi connectivity index (χ1n) is 9.84. The number of hydrogen-bond acceptors (Lipinski definition) is 3. The third-order valence-electron chi connectivity index (χ3n) is 5.49. The van der Waals surface area contributed by atoms with Gasteiger partial charge in [0.05, 0.1) is 6.54 Å². The Morgan fingerprint density at radius 2 is 1.56 bits per heavy atom. The minimum atomic E-state index is 0.234. The van der Waals surface area contributed by atoms with E-state index >= 15 is 0 Å². The van der Waals surface area contributed by atoms with E-state index in [1.54, 1.807) is 0 Å². The molecule has 140 valence electrons. The molecule has 0 aromatic heterocycles. The number of para-hydroxylation sites is 1. The highest BCUT2D eigenvalue weighted by atomic mass is 16.2. The minimum absolute atomic E-state index is 0.234. The topological polar surface area (TPSA) is 26.8 Å². The number of fused-ring (bicyclic) bond motifs is 1. The summed E-state index contributed by atoms with van der Waals surface area (Å²) in [5.74, 6) is 0.234. The first-order valence-corrected chi connectivity index (χ1v) is 9.84. The van der Waals surface area contributed by atoms with Gasteiger partial charge in [-0.2, -0.15) is 0 Å². The molecule has 4 heteroatoms. The van der Waals surface area contributed by atoms with Crippen LogP contribution in [0.25, 0.3) is 6.08 Å². The third-order valence-corrected chi connectivity index (χ3v) is 5.49. The minimum Gasteiger partial charge on any atom is -0.311 e. The van der Waals surface area contributed by atoms with Crippen LogP contribution in [-0.4, -0.2) is 61.5 Å². The number of anilines is 1. The fourth-order valence-corrected chi connectivity index (χ4v) is 3.91. The van der Waals surface area contributed by atoms with Crippen molar-refractivity contribution in [3.8, 4) is 0 Å². The normalized spacial score (nSPS) is 18.1. The molecule has 2 aliphatic heterocycles. The maximum absolute atomic E-state index is 12.7. The van der Waals surface area contributed by atoms with E-state index in [9.17, 15) is 4.79 Å². The molecule has 0 unspecified atom stereocenters. The Morgan fingerprint density at radius 3 is 2.37 bits per heavy atom. The number of hydrogen-bond donors (Lipinski definition) is 0. The Hall–Kier alpha value is -2.43. The molecule has 0 aliphatic carbocycles. The van der Waals surface area contributed by atoms with E-state index in [2.05, 4.69) is 64.4 Å². The summed E-state index contributed by atoms with van der Waals surface area (Å²) in [7, 11) is 0. The van der Waals surface area contributed by atoms with Gasteiger partial charge >= 0.3 is 0 Å². The Bertz CT molecular complexity index is 794. The molecule has 1 saturated heterocycles. The second-order valence-corrected chi connectivity index (χ2v) is 7.31. The average molecular weight is 361 g/mol. The summed E-state index contributed by atoms with van der Waals surface area (Å²) in [6.07, 6.45) is 5.39. The van der Waals surface area contributed by atoms with Crippen molar-refractivity contribution in [3.63, 3.8) is 0 Å². The summed E-state index contributed by atoms with van der Waals surface area (Å²) in [5, 5.41) is 0. The quantitative estimate of drug-likeness (QED) is 0.819. The molecule has 0 spiro atoms. The SMILES string of the molecule is O=C(CN1CCN(CC=Cc2ccccc2)CC1)N1CCc2ccccc21. The van der Waals surface area contributed by atoms with Crippen LogP contribution in [0.5, 0.6) is 0 Å². The standard InChI is InChI=1S/C23H27N3O/c27-23(26-14-12-21-10-4-5-11-22(21)26)19-25-17-15-24(16-18-25)13-6-9-20-7-2-1-3-8-20/h1-11H,12-19H2. The average Bonchev–Trinajstić information content (AvgIpc) is 3.14. The fraction of sp³-hybridized carbons (Fsp3) is 0.348. The monoisotopic (exact) mass is 361 g/mol. The molecule has 0 saturated carbocycles. The van der Waals surface area contributed by atoms with Gasteiger partial charge in [-0.3, -0.25) is 14.6 Å². The molecular weight excluding hydrogens is 334 g/mol. The smallest absolute Gasteiger partial charge is 0.241 e. The first-order chi connectivity index (χ1) is 13.3. The number of amides is 1. The van der Waals surface area contributed by atoms with Gasteiger partial charge in [0.1, 0.15) is 0 Å². The lowest BCUT2D eigenvalue weighted by molar-refractivity contribution is -0.120. The second-order valence-electron chi connectivity index (χ2n) is 7.31. The number of benzene rings is 2. The van der Waals surface area contributed by atoms with Crippen molar-refractivity contribution in [3.05, 3.63) is 71.8 Å². The van der Waals surface area contributed by atoms with Gasteiger partial charge in [-0.25, -0.2) is 0 Å². The van der Waals surface area contributed by atoms with Crippen LogP contribution < -0.4 is 4.90 Å². The summed E-state index contributed by atoms with van der Waals surface area (Å²) in [5.41, 5.74) is 3.64. The lowest BCUT2D eigenvalue weighted by Crippen LogP contribution is -2.49. The van der Waals surface area contributed by atoms with E-state index in [0.717, 1.165) is 51.4 Å². The van der Waals surface area contributed by atoms with Crippen molar-refractivity contribution >= 4 is 17.7 Å². The predicted octanol–water partition coefficient (Wildman–Crippen LogP) is 2.91. The van der Waals surface area contributed by atoms with Crippen LogP contribution in [0.3, 0.4) is 0 Å². The van der Waals surface area contributed by atoms with Crippen molar-refractivity contribution in [2.75, 3.05) is 50.7 Å². The van der Waals surface area contributed by atoms with Gasteiger partial charge in [-0.15, -0.1) is 0 Å². The van der Waals surface area contributed by atoms with Crippen molar-refractivity contribution in [2.24, 2.45) is 0 Å². The molecule has 27 heavy (non-hydrogen) atoms. The summed E-state index contributed by atoms with van der Waals surface area (Å²) in [4.78, 5) is 19.5. The molecule has 2 heterocycles. The highest BCUT2D eigenvalue weighted by Gasteiger charge is 2.26. The maximum atomic E-state index is 12.7. The van der Waals surface area contributed by atoms with Crippen molar-refractivity contribution in [1.29, 1.82) is 0 Å². The number of carbonyl (C=O) groups is 1. The number of carbonyl (C=O) groups excluding carboxylic acids is 1. The molecule has 2 aliphatic rings. The molecule has 2 aromatic rings. The van der Waals surface area contributed by atoms with Crippen LogP contribution in [0, 0.1) is 0 Å². The van der Waals surface area contributed by atoms with E-state index in [4.69, 9.17) is 0 Å². The number of piperazine rings is 1. The Morgan fingerprint density at radius 1 is 0.852 bits per heavy atom. The van der Waals surface area contributed by atoms with Crippen molar-refractivity contribution in [1.82, 2.24) is 9.80 Å². The highest BCUT2D eigenvalue weighted by Crippen LogP contribution is 2.27. The van der Waals surface area contributed by atoms with Crippen molar-refractivity contribution < 1.29 is 4.79 Å². The van der Waals surface area contributed by atoms with Gasteiger partial charge in [0.2, 0.25) is 5.91 Å². The first kappa shape index (κ1) is 18.0. The summed E-state index contributed by atoms with van der Waals surface area (Å²) in [6, 6.07) is 18.7. The molecule has 4 rings (SSSR count). The van der Waals surface area contributed by atoms with Crippen LogP contribution in [0.4, 0.5) is 5.69 Å². The highest BCUT2D eigenvalue weighted by molar-refractivity contribution is 5.96. The zero-order valence-electron chi connectivity index (χ0n) is 15.8. The van der Waals surface area contributed by atoms with Gasteiger partial charge < -0.3 is 4.90 Å². The van der Waals surface area contributed by atoms with Crippen LogP contribution in [0.1, 0.15) is 11.1 Å². The summed E-state index contributed by atoms with van der Waals surface area (Å²) >= 11 is 0. The molecule has 2 aromatic carbocycles.